The predicted octanol–water partition coefficient (Wildman–Crippen LogP) is 17.2. The molecular weight excluding hydrogens is 1440 g/mol. The molecule has 114 heavy (non-hydrogen) atoms. The number of carbonyl (C=O) groups is 6. The Bertz CT molecular complexity index is 2830. The van der Waals surface area contributed by atoms with E-state index in [1.165, 1.54) is 161 Å². The molecule has 15 nitrogen and oxygen atoms in total. The third-order valence-corrected chi connectivity index (χ3v) is 37.3. The number of aliphatic hydroxyl groups is 5. The second kappa shape index (κ2) is 44.5. The van der Waals surface area contributed by atoms with E-state index in [0.717, 1.165) is 143 Å². The van der Waals surface area contributed by atoms with Gasteiger partial charge in [-0.05, 0) is 316 Å². The fourth-order valence-electron chi connectivity index (χ4n) is 31.2. The Morgan fingerprint density at radius 3 is 1.01 bits per heavy atom. The summed E-state index contributed by atoms with van der Waals surface area (Å²) in [5.41, 5.74) is 2.51. The SMILES string of the molecule is CC(=O)OC[C@@H](C)[C@H]1CCC2C(O)CCC[C@@]21C.CC1CCC[C@@]2(C)C1CC[C@@H]2[C@@H](C)C=O.CC1CCC[C@@]2(C)C1CC[C@@H]2[C@@H](C)CO.CC1CCC[C@@]2(C)C1CC[C@@H]2[C@H](C)C(=O)O.CC1CCC[C@@]2(C)C1CC[C@@H]2[C@H](C)CO.C[C@H](C=O)[C@H]1CCC2C(=O)CCC[C@@]21C.C[C@H](CO)[C@H]1CCC2C(O)CCC[C@@]21C.O=CO[O-].[Na+]. The molecule has 0 heterocycles. The first-order chi connectivity index (χ1) is 53.3. The molecule has 34 atom stereocenters. The van der Waals surface area contributed by atoms with Gasteiger partial charge in [-0.3, -0.25) is 19.2 Å². The summed E-state index contributed by atoms with van der Waals surface area (Å²) >= 11 is 0. The van der Waals surface area contributed by atoms with E-state index in [1.807, 2.05) is 13.8 Å². The Morgan fingerprint density at radius 1 is 0.412 bits per heavy atom. The van der Waals surface area contributed by atoms with Crippen LogP contribution in [-0.4, -0.2) is 106 Å². The second-order valence-electron chi connectivity index (χ2n) is 43.3. The molecule has 0 aliphatic heterocycles. The average Bonchev–Trinajstić information content (AvgIpc) is 1.63. The van der Waals surface area contributed by atoms with Gasteiger partial charge in [0.25, 0.3) is 6.47 Å². The summed E-state index contributed by atoms with van der Waals surface area (Å²) in [5.74, 6) is 14.1. The van der Waals surface area contributed by atoms with Crippen LogP contribution in [0.4, 0.5) is 0 Å². The quantitative estimate of drug-likeness (QED) is 0.0276. The van der Waals surface area contributed by atoms with E-state index in [2.05, 4.69) is 116 Å². The second-order valence-corrected chi connectivity index (χ2v) is 43.3. The first kappa shape index (κ1) is 101. The van der Waals surface area contributed by atoms with Crippen molar-refractivity contribution in [1.29, 1.82) is 0 Å². The molecule has 0 aromatic carbocycles. The van der Waals surface area contributed by atoms with Crippen molar-refractivity contribution in [3.05, 3.63) is 0 Å². The fourth-order valence-corrected chi connectivity index (χ4v) is 31.2. The van der Waals surface area contributed by atoms with Gasteiger partial charge in [-0.2, -0.15) is 0 Å². The number of Topliss-reactive ketones (excluding diaryl/α,β-unsaturated/α-hetero) is 1. The number of carboxylic acids is 1. The summed E-state index contributed by atoms with van der Waals surface area (Å²) in [5, 5.41) is 65.9. The standard InChI is InChI=1S/C15H26O3.C14H24O2.2C14H26O.C14H24O.C13H24O2.C13H20O2.CH2O3.Na/c1-10(9-18-11(2)16)12-6-7-13-14(17)5-4-8-15(12,13)3;1-9-5-4-8-14(3)11(9)6-7-12(14)10(2)13(15)16;3*1-10-5-4-8-14(3)12(10)6-7-13(14)11(2)9-15;2*1-9(8-14)10-5-6-11-12(15)4-3-7-13(10,11)2;2-1-4-3;/h10,12-14,17H,4-9H2,1-3H3;9-12H,4-8H2,1-3H3,(H,15,16);2*10-13,15H,4-9H2,1-3H3;9-13H,4-8H2,1-3H3;9-12,14-15H,3-8H2,1-2H3;8-11H,3-7H2,1-2H3;1,3H;/q;;;;;;;;+1/p-1/t10-,12-,13?,14?,15-;9?,10-,11?,12+,14-;10?,11-,12?,13+,14-;10?,11-,12?,13-,14+;10?,11-,12?,13+,14-;9-,10-,11?,12?,13-;9-,10-,11?,13-;;/m1001011../s1. The van der Waals surface area contributed by atoms with Crippen molar-refractivity contribution >= 4 is 36.8 Å². The number of ketones is 1. The Hall–Kier alpha value is -1.82. The Morgan fingerprint density at radius 2 is 0.684 bits per heavy atom. The van der Waals surface area contributed by atoms with Gasteiger partial charge in [0.1, 0.15) is 18.4 Å². The van der Waals surface area contributed by atoms with Crippen molar-refractivity contribution in [1.82, 2.24) is 0 Å². The smallest absolute Gasteiger partial charge is 0.662 e. The largest absolute Gasteiger partial charge is 1.00 e. The number of esters is 1. The summed E-state index contributed by atoms with van der Waals surface area (Å²) in [7, 11) is 0. The molecule has 0 aromatic heterocycles. The van der Waals surface area contributed by atoms with E-state index in [4.69, 9.17) is 14.8 Å². The Balaban J connectivity index is 0.000000205. The molecule has 13 unspecified atom stereocenters. The van der Waals surface area contributed by atoms with Crippen LogP contribution in [0.25, 0.3) is 0 Å². The Kier molecular flexibility index (Phi) is 39.4. The summed E-state index contributed by atoms with van der Waals surface area (Å²) in [6, 6.07) is 0. The average molecular weight is 1610 g/mol. The first-order valence-corrected chi connectivity index (χ1v) is 47.0. The van der Waals surface area contributed by atoms with Crippen LogP contribution in [0.3, 0.4) is 0 Å². The molecule has 0 aromatic rings. The van der Waals surface area contributed by atoms with Gasteiger partial charge in [-0.1, -0.05) is 189 Å². The summed E-state index contributed by atoms with van der Waals surface area (Å²) in [4.78, 5) is 67.1. The van der Waals surface area contributed by atoms with Gasteiger partial charge in [0.15, 0.2) is 0 Å². The molecule has 0 bridgehead atoms. The molecule has 14 saturated carbocycles. The molecule has 16 heteroatoms. The van der Waals surface area contributed by atoms with Crippen molar-refractivity contribution in [2.75, 3.05) is 26.4 Å². The van der Waals surface area contributed by atoms with Gasteiger partial charge in [-0.15, -0.1) is 0 Å². The van der Waals surface area contributed by atoms with E-state index in [0.29, 0.717) is 124 Å². The number of aldehydes is 2. The zero-order valence-electron chi connectivity index (χ0n) is 76.3. The number of ether oxygens (including phenoxy) is 1. The van der Waals surface area contributed by atoms with Crippen molar-refractivity contribution in [2.24, 2.45) is 186 Å². The van der Waals surface area contributed by atoms with Crippen LogP contribution in [0.15, 0.2) is 0 Å². The number of hydrogen-bond donors (Lipinski definition) is 6. The normalized spacial score (nSPS) is 43.6. The zero-order chi connectivity index (χ0) is 83.9. The van der Waals surface area contributed by atoms with Crippen molar-refractivity contribution in [2.45, 2.75) is 368 Å². The third-order valence-electron chi connectivity index (χ3n) is 37.3. The summed E-state index contributed by atoms with van der Waals surface area (Å²) in [6.07, 6.45) is 45.4. The van der Waals surface area contributed by atoms with Gasteiger partial charge in [0, 0.05) is 50.9 Å². The zero-order valence-corrected chi connectivity index (χ0v) is 78.3. The first-order valence-electron chi connectivity index (χ1n) is 47.0. The topological polar surface area (TPSA) is 265 Å². The maximum absolute atomic E-state index is 11.8. The molecule has 14 aliphatic carbocycles. The van der Waals surface area contributed by atoms with Gasteiger partial charge >= 0.3 is 41.5 Å². The Labute approximate surface area is 716 Å². The van der Waals surface area contributed by atoms with Crippen LogP contribution < -0.4 is 34.8 Å². The summed E-state index contributed by atoms with van der Waals surface area (Å²) < 4.78 is 5.17. The minimum absolute atomic E-state index is 0. The van der Waals surface area contributed by atoms with E-state index in [1.54, 1.807) is 0 Å². The number of carbonyl (C=O) groups excluding carboxylic acids is 5. The van der Waals surface area contributed by atoms with Gasteiger partial charge < -0.3 is 55.1 Å². The van der Waals surface area contributed by atoms with Gasteiger partial charge in [0.2, 0.25) is 0 Å². The van der Waals surface area contributed by atoms with Gasteiger partial charge in [-0.25, -0.2) is 0 Å². The molecule has 0 saturated heterocycles. The molecule has 0 spiro atoms. The number of aliphatic hydroxyl groups excluding tert-OH is 5. The number of aliphatic carboxylic acids is 1. The third kappa shape index (κ3) is 22.4. The van der Waals surface area contributed by atoms with Crippen LogP contribution in [0, 0.1) is 186 Å². The number of fused-ring (bicyclic) bond motifs is 7. The van der Waals surface area contributed by atoms with E-state index in [-0.39, 0.29) is 88.7 Å². The monoisotopic (exact) mass is 1610 g/mol. The van der Waals surface area contributed by atoms with Crippen LogP contribution in [0.1, 0.15) is 356 Å². The van der Waals surface area contributed by atoms with E-state index >= 15 is 0 Å². The molecule has 654 valence electrons. The fraction of sp³-hybridized carbons (Fsp3) is 0.939. The van der Waals surface area contributed by atoms with Crippen molar-refractivity contribution < 1.29 is 104 Å². The molecule has 14 aliphatic rings. The maximum atomic E-state index is 11.8. The van der Waals surface area contributed by atoms with Crippen molar-refractivity contribution in [3.63, 3.8) is 0 Å². The molecule has 0 radical (unpaired) electrons. The van der Waals surface area contributed by atoms with Crippen LogP contribution in [-0.2, 0) is 38.4 Å². The van der Waals surface area contributed by atoms with Crippen LogP contribution in [0.5, 0.6) is 0 Å². The minimum atomic E-state index is -0.606. The molecule has 6 N–H and O–H groups in total. The molecular formula is C98H171NaO15. The molecule has 0 amide bonds. The van der Waals surface area contributed by atoms with Gasteiger partial charge in [0.05, 0.1) is 24.7 Å². The van der Waals surface area contributed by atoms with E-state index in [9.17, 15) is 54.6 Å². The maximum Gasteiger partial charge on any atom is 1.00 e. The van der Waals surface area contributed by atoms with E-state index < -0.39 is 5.97 Å². The van der Waals surface area contributed by atoms with Crippen LogP contribution in [0.2, 0.25) is 0 Å². The van der Waals surface area contributed by atoms with Crippen LogP contribution >= 0.6 is 0 Å². The molecule has 14 rings (SSSR count). The molecule has 14 fully saturated rings. The number of hydrogen-bond acceptors (Lipinski definition) is 14. The predicted molar refractivity (Wildman–Crippen MR) is 450 cm³/mol. The minimum Gasteiger partial charge on any atom is -0.662 e. The number of carboxylic acid groups (broad SMARTS) is 1. The van der Waals surface area contributed by atoms with Crippen molar-refractivity contribution in [3.8, 4) is 0 Å². The number of rotatable bonds is 16. The summed E-state index contributed by atoms with van der Waals surface area (Å²) in [6.45, 7) is 44.0.